The van der Waals surface area contributed by atoms with E-state index in [4.69, 9.17) is 0 Å². The van der Waals surface area contributed by atoms with Crippen molar-refractivity contribution in [3.63, 3.8) is 0 Å². The highest BCUT2D eigenvalue weighted by atomic mass is 16.1. The van der Waals surface area contributed by atoms with Crippen molar-refractivity contribution in [3.8, 4) is 0 Å². The molecule has 0 aliphatic carbocycles. The summed E-state index contributed by atoms with van der Waals surface area (Å²) >= 11 is 0. The highest BCUT2D eigenvalue weighted by Crippen LogP contribution is 2.21. The van der Waals surface area contributed by atoms with Gasteiger partial charge in [0, 0.05) is 11.9 Å². The molecule has 3 heteroatoms. The third kappa shape index (κ3) is 0.964. The molecule has 1 aromatic rings. The van der Waals surface area contributed by atoms with E-state index >= 15 is 0 Å². The number of rotatable bonds is 1. The molecule has 0 saturated carbocycles. The molecule has 0 radical (unpaired) electrons. The molecule has 0 bridgehead atoms. The second-order valence-corrected chi connectivity index (χ2v) is 2.86. The fourth-order valence-corrected chi connectivity index (χ4v) is 1.58. The van der Waals surface area contributed by atoms with Crippen LogP contribution in [0.1, 0.15) is 24.6 Å². The van der Waals surface area contributed by atoms with Gasteiger partial charge in [0.05, 0.1) is 0 Å². The fourth-order valence-electron chi connectivity index (χ4n) is 1.58. The third-order valence-corrected chi connectivity index (χ3v) is 2.16. The van der Waals surface area contributed by atoms with E-state index in [1.807, 2.05) is 10.7 Å². The Balaban J connectivity index is 2.39. The van der Waals surface area contributed by atoms with Gasteiger partial charge >= 0.3 is 0 Å². The van der Waals surface area contributed by atoms with E-state index in [0.717, 1.165) is 25.5 Å². The number of nitrogens with zero attached hydrogens (tertiary/aromatic N) is 2. The minimum absolute atomic E-state index is 0.00579. The van der Waals surface area contributed by atoms with Crippen molar-refractivity contribution in [2.45, 2.75) is 25.3 Å². The van der Waals surface area contributed by atoms with E-state index in [1.54, 1.807) is 6.20 Å². The Morgan fingerprint density at radius 2 is 2.64 bits per heavy atom. The maximum atomic E-state index is 10.6. The van der Waals surface area contributed by atoms with Crippen LogP contribution in [0.4, 0.5) is 0 Å². The van der Waals surface area contributed by atoms with Crippen LogP contribution in [0.25, 0.3) is 0 Å². The molecule has 1 unspecified atom stereocenters. The number of hydrogen-bond acceptors (Lipinski definition) is 2. The lowest BCUT2D eigenvalue weighted by Gasteiger charge is -2.19. The first kappa shape index (κ1) is 6.58. The molecule has 0 aromatic carbocycles. The van der Waals surface area contributed by atoms with Crippen molar-refractivity contribution in [1.82, 2.24) is 9.78 Å². The molecular weight excluding hydrogens is 140 g/mol. The number of aryl methyl sites for hydroxylation is 1. The molecule has 0 fully saturated rings. The van der Waals surface area contributed by atoms with Crippen molar-refractivity contribution >= 4 is 6.29 Å². The molecule has 1 atom stereocenters. The van der Waals surface area contributed by atoms with Crippen LogP contribution in [-0.2, 0) is 11.2 Å². The molecule has 0 spiro atoms. The maximum absolute atomic E-state index is 10.6. The normalized spacial score (nSPS) is 22.7. The number of fused-ring (bicyclic) bond motifs is 1. The first-order chi connectivity index (χ1) is 5.42. The lowest BCUT2D eigenvalue weighted by molar-refractivity contribution is -0.111. The van der Waals surface area contributed by atoms with Gasteiger partial charge in [-0.1, -0.05) is 0 Å². The van der Waals surface area contributed by atoms with Crippen LogP contribution in [0.15, 0.2) is 12.3 Å². The lowest BCUT2D eigenvalue weighted by atomic mass is 10.0. The zero-order valence-corrected chi connectivity index (χ0v) is 6.23. The maximum Gasteiger partial charge on any atom is 0.144 e. The van der Waals surface area contributed by atoms with E-state index in [0.29, 0.717) is 0 Å². The van der Waals surface area contributed by atoms with Crippen molar-refractivity contribution in [1.29, 1.82) is 0 Å². The van der Waals surface area contributed by atoms with Crippen molar-refractivity contribution < 1.29 is 4.79 Å². The molecular formula is C8H10N2O. The molecule has 0 saturated heterocycles. The SMILES string of the molecule is O=CC1CCCc2ccnn21. The van der Waals surface area contributed by atoms with Crippen molar-refractivity contribution in [2.75, 3.05) is 0 Å². The van der Waals surface area contributed by atoms with Gasteiger partial charge < -0.3 is 4.79 Å². The van der Waals surface area contributed by atoms with Gasteiger partial charge in [0.15, 0.2) is 0 Å². The number of aldehydes is 1. The van der Waals surface area contributed by atoms with Gasteiger partial charge in [-0.2, -0.15) is 5.10 Å². The molecule has 2 rings (SSSR count). The first-order valence-corrected chi connectivity index (χ1v) is 3.89. The quantitative estimate of drug-likeness (QED) is 0.559. The summed E-state index contributed by atoms with van der Waals surface area (Å²) in [5.41, 5.74) is 1.19. The summed E-state index contributed by atoms with van der Waals surface area (Å²) in [4.78, 5) is 10.6. The van der Waals surface area contributed by atoms with E-state index in [9.17, 15) is 4.79 Å². The Morgan fingerprint density at radius 1 is 1.73 bits per heavy atom. The zero-order valence-electron chi connectivity index (χ0n) is 6.23. The topological polar surface area (TPSA) is 34.9 Å². The predicted octanol–water partition coefficient (Wildman–Crippen LogP) is 0.959. The van der Waals surface area contributed by atoms with E-state index < -0.39 is 0 Å². The highest BCUT2D eigenvalue weighted by Gasteiger charge is 2.18. The summed E-state index contributed by atoms with van der Waals surface area (Å²) in [5, 5.41) is 4.09. The van der Waals surface area contributed by atoms with Gasteiger partial charge in [-0.3, -0.25) is 4.68 Å². The number of carbonyl (C=O) groups is 1. The summed E-state index contributed by atoms with van der Waals surface area (Å²) in [6, 6.07) is 1.98. The van der Waals surface area contributed by atoms with Gasteiger partial charge in [-0.15, -0.1) is 0 Å². The van der Waals surface area contributed by atoms with Crippen LogP contribution in [-0.4, -0.2) is 16.1 Å². The van der Waals surface area contributed by atoms with E-state index in [2.05, 4.69) is 5.10 Å². The number of carbonyl (C=O) groups excluding carboxylic acids is 1. The van der Waals surface area contributed by atoms with Crippen LogP contribution in [0, 0.1) is 0 Å². The number of aromatic nitrogens is 2. The molecule has 1 aliphatic heterocycles. The Kier molecular flexibility index (Phi) is 1.49. The van der Waals surface area contributed by atoms with Crippen LogP contribution >= 0.6 is 0 Å². The smallest absolute Gasteiger partial charge is 0.144 e. The summed E-state index contributed by atoms with van der Waals surface area (Å²) in [6.07, 6.45) is 5.85. The second-order valence-electron chi connectivity index (χ2n) is 2.86. The summed E-state index contributed by atoms with van der Waals surface area (Å²) in [5.74, 6) is 0. The lowest BCUT2D eigenvalue weighted by Crippen LogP contribution is -2.19. The first-order valence-electron chi connectivity index (χ1n) is 3.89. The Morgan fingerprint density at radius 3 is 3.45 bits per heavy atom. The summed E-state index contributed by atoms with van der Waals surface area (Å²) < 4.78 is 1.83. The molecule has 0 amide bonds. The Bertz CT molecular complexity index is 267. The standard InChI is InChI=1S/C8H10N2O/c11-6-8-3-1-2-7-4-5-9-10(7)8/h4-6,8H,1-3H2. The molecule has 2 heterocycles. The zero-order chi connectivity index (χ0) is 7.68. The fraction of sp³-hybridized carbons (Fsp3) is 0.500. The molecule has 58 valence electrons. The number of hydrogen-bond donors (Lipinski definition) is 0. The van der Waals surface area contributed by atoms with Crippen LogP contribution in [0.3, 0.4) is 0 Å². The average Bonchev–Trinajstić information content (AvgIpc) is 2.50. The van der Waals surface area contributed by atoms with Gasteiger partial charge in [-0.25, -0.2) is 0 Å². The minimum atomic E-state index is -0.00579. The van der Waals surface area contributed by atoms with E-state index in [-0.39, 0.29) is 6.04 Å². The van der Waals surface area contributed by atoms with Gasteiger partial charge in [0.1, 0.15) is 12.3 Å². The van der Waals surface area contributed by atoms with Crippen LogP contribution in [0.2, 0.25) is 0 Å². The van der Waals surface area contributed by atoms with Crippen molar-refractivity contribution in [2.24, 2.45) is 0 Å². The third-order valence-electron chi connectivity index (χ3n) is 2.16. The molecule has 11 heavy (non-hydrogen) atoms. The largest absolute Gasteiger partial charge is 0.301 e. The molecule has 1 aliphatic rings. The summed E-state index contributed by atoms with van der Waals surface area (Å²) in [7, 11) is 0. The predicted molar refractivity (Wildman–Crippen MR) is 40.3 cm³/mol. The van der Waals surface area contributed by atoms with Crippen molar-refractivity contribution in [3.05, 3.63) is 18.0 Å². The molecule has 1 aromatic heterocycles. The Hall–Kier alpha value is -1.12. The van der Waals surface area contributed by atoms with Gasteiger partial charge in [0.2, 0.25) is 0 Å². The minimum Gasteiger partial charge on any atom is -0.301 e. The molecule has 0 N–H and O–H groups in total. The highest BCUT2D eigenvalue weighted by molar-refractivity contribution is 5.56. The van der Waals surface area contributed by atoms with Gasteiger partial charge in [-0.05, 0) is 25.3 Å². The second kappa shape index (κ2) is 2.49. The van der Waals surface area contributed by atoms with Gasteiger partial charge in [0.25, 0.3) is 0 Å². The monoisotopic (exact) mass is 150 g/mol. The molecule has 3 nitrogen and oxygen atoms in total. The summed E-state index contributed by atoms with van der Waals surface area (Å²) in [6.45, 7) is 0. The Labute approximate surface area is 65.0 Å². The van der Waals surface area contributed by atoms with Crippen LogP contribution < -0.4 is 0 Å². The van der Waals surface area contributed by atoms with Crippen LogP contribution in [0.5, 0.6) is 0 Å². The average molecular weight is 150 g/mol. The van der Waals surface area contributed by atoms with E-state index in [1.165, 1.54) is 5.69 Å².